The van der Waals surface area contributed by atoms with E-state index in [1.807, 2.05) is 17.9 Å². The van der Waals surface area contributed by atoms with Gasteiger partial charge in [0.2, 0.25) is 5.91 Å². The summed E-state index contributed by atoms with van der Waals surface area (Å²) in [5.41, 5.74) is 2.36. The van der Waals surface area contributed by atoms with Crippen LogP contribution in [0.3, 0.4) is 0 Å². The van der Waals surface area contributed by atoms with Gasteiger partial charge in [0.1, 0.15) is 5.82 Å². The summed E-state index contributed by atoms with van der Waals surface area (Å²) in [5.74, 6) is -0.0284. The zero-order chi connectivity index (χ0) is 18.3. The van der Waals surface area contributed by atoms with Crippen LogP contribution in [0.2, 0.25) is 0 Å². The molecule has 2 saturated heterocycles. The van der Waals surface area contributed by atoms with Crippen molar-refractivity contribution < 1.29 is 13.9 Å². The molecule has 2 fully saturated rings. The van der Waals surface area contributed by atoms with Gasteiger partial charge in [-0.05, 0) is 44.0 Å². The first-order valence-electron chi connectivity index (χ1n) is 9.13. The summed E-state index contributed by atoms with van der Waals surface area (Å²) < 4.78 is 18.9. The molecule has 0 N–H and O–H groups in total. The Balaban J connectivity index is 1.63. The van der Waals surface area contributed by atoms with Crippen molar-refractivity contribution in [3.8, 4) is 0 Å². The Morgan fingerprint density at radius 3 is 2.88 bits per heavy atom. The van der Waals surface area contributed by atoms with Crippen molar-refractivity contribution in [1.82, 2.24) is 9.88 Å². The summed E-state index contributed by atoms with van der Waals surface area (Å²) in [6.07, 6.45) is 1.72. The molecule has 1 spiro atoms. The molecular formula is C20H24FN3O2. The Bertz CT molecular complexity index is 856. The Kier molecular flexibility index (Phi) is 4.31. The van der Waals surface area contributed by atoms with Gasteiger partial charge in [-0.25, -0.2) is 4.39 Å². The maximum absolute atomic E-state index is 13.8. The number of pyridine rings is 1. The van der Waals surface area contributed by atoms with Gasteiger partial charge in [-0.3, -0.25) is 9.78 Å². The quantitative estimate of drug-likeness (QED) is 0.844. The molecule has 5 nitrogen and oxygen atoms in total. The number of amides is 1. The van der Waals surface area contributed by atoms with Crippen LogP contribution in [-0.2, 0) is 9.53 Å². The minimum Gasteiger partial charge on any atom is -0.383 e. The highest BCUT2D eigenvalue weighted by Gasteiger charge is 2.50. The summed E-state index contributed by atoms with van der Waals surface area (Å²) in [5, 5.41) is 0.814. The Hall–Kier alpha value is -2.21. The summed E-state index contributed by atoms with van der Waals surface area (Å²) in [7, 11) is 1.66. The molecule has 1 unspecified atom stereocenters. The highest BCUT2D eigenvalue weighted by Crippen LogP contribution is 2.43. The molecule has 138 valence electrons. The smallest absolute Gasteiger partial charge is 0.230 e. The number of likely N-dealkylation sites (tertiary alicyclic amines) is 1. The third-order valence-electron chi connectivity index (χ3n) is 5.74. The van der Waals surface area contributed by atoms with E-state index in [0.717, 1.165) is 48.2 Å². The van der Waals surface area contributed by atoms with E-state index < -0.39 is 0 Å². The van der Waals surface area contributed by atoms with Crippen molar-refractivity contribution >= 4 is 22.5 Å². The van der Waals surface area contributed by atoms with Gasteiger partial charge in [-0.1, -0.05) is 0 Å². The van der Waals surface area contributed by atoms with Gasteiger partial charge in [0.05, 0.1) is 17.5 Å². The molecular weight excluding hydrogens is 333 g/mol. The molecule has 2 aliphatic rings. The number of nitrogens with zero attached hydrogens (tertiary/aromatic N) is 3. The first kappa shape index (κ1) is 17.2. The van der Waals surface area contributed by atoms with Gasteiger partial charge in [-0.2, -0.15) is 0 Å². The third-order valence-corrected chi connectivity index (χ3v) is 5.74. The number of hydrogen-bond donors (Lipinski definition) is 0. The lowest BCUT2D eigenvalue weighted by atomic mass is 9.85. The number of methoxy groups -OCH3 is 1. The number of halogens is 1. The molecule has 1 atom stereocenters. The molecule has 2 aromatic rings. The van der Waals surface area contributed by atoms with Gasteiger partial charge < -0.3 is 14.5 Å². The van der Waals surface area contributed by atoms with Crippen LogP contribution in [0.15, 0.2) is 24.3 Å². The van der Waals surface area contributed by atoms with Crippen molar-refractivity contribution in [3.63, 3.8) is 0 Å². The fraction of sp³-hybridized carbons (Fsp3) is 0.500. The fourth-order valence-electron chi connectivity index (χ4n) is 4.33. The van der Waals surface area contributed by atoms with Gasteiger partial charge >= 0.3 is 0 Å². The first-order chi connectivity index (χ1) is 12.5. The van der Waals surface area contributed by atoms with Crippen LogP contribution >= 0.6 is 0 Å². The maximum Gasteiger partial charge on any atom is 0.230 e. The van der Waals surface area contributed by atoms with Crippen molar-refractivity contribution in [2.24, 2.45) is 5.41 Å². The van der Waals surface area contributed by atoms with Crippen molar-refractivity contribution in [3.05, 3.63) is 35.8 Å². The molecule has 3 heterocycles. The second kappa shape index (κ2) is 6.50. The van der Waals surface area contributed by atoms with E-state index in [2.05, 4.69) is 9.88 Å². The van der Waals surface area contributed by atoms with E-state index in [4.69, 9.17) is 4.74 Å². The molecule has 0 bridgehead atoms. The van der Waals surface area contributed by atoms with Crippen LogP contribution in [-0.4, -0.2) is 55.7 Å². The number of aromatic nitrogens is 1. The van der Waals surface area contributed by atoms with E-state index in [1.165, 1.54) is 6.07 Å². The number of hydrogen-bond acceptors (Lipinski definition) is 4. The third kappa shape index (κ3) is 2.82. The number of fused-ring (bicyclic) bond motifs is 1. The molecule has 2 aliphatic heterocycles. The van der Waals surface area contributed by atoms with Crippen LogP contribution in [0.4, 0.5) is 10.1 Å². The normalized spacial score (nSPS) is 23.0. The monoisotopic (exact) mass is 357 g/mol. The van der Waals surface area contributed by atoms with E-state index in [9.17, 15) is 9.18 Å². The largest absolute Gasteiger partial charge is 0.383 e. The van der Waals surface area contributed by atoms with Gasteiger partial charge in [0, 0.05) is 50.1 Å². The van der Waals surface area contributed by atoms with Crippen molar-refractivity contribution in [2.45, 2.75) is 19.8 Å². The highest BCUT2D eigenvalue weighted by molar-refractivity contribution is 5.93. The number of benzene rings is 1. The van der Waals surface area contributed by atoms with Crippen LogP contribution in [0.5, 0.6) is 0 Å². The average Bonchev–Trinajstić information content (AvgIpc) is 3.19. The zero-order valence-corrected chi connectivity index (χ0v) is 15.3. The first-order valence-corrected chi connectivity index (χ1v) is 9.13. The van der Waals surface area contributed by atoms with Gasteiger partial charge in [0.25, 0.3) is 0 Å². The summed E-state index contributed by atoms with van der Waals surface area (Å²) in [6, 6.07) is 6.71. The molecule has 0 saturated carbocycles. The van der Waals surface area contributed by atoms with Crippen LogP contribution in [0.1, 0.15) is 18.5 Å². The number of carbonyl (C=O) groups excluding carboxylic acids is 1. The maximum atomic E-state index is 13.8. The number of ether oxygens (including phenoxy) is 1. The lowest BCUT2D eigenvalue weighted by molar-refractivity contribution is -0.135. The van der Waals surface area contributed by atoms with Crippen LogP contribution < -0.4 is 4.90 Å². The standard InChI is InChI=1S/C20H24FN3O2/c1-14-11-18(16-12-15(21)3-4-17(16)22-14)24-8-6-20(13-24)5-7-23(19(20)25)9-10-26-2/h3-4,11-12H,5-10,13H2,1-2H3. The number of carbonyl (C=O) groups is 1. The lowest BCUT2D eigenvalue weighted by Crippen LogP contribution is -2.38. The zero-order valence-electron chi connectivity index (χ0n) is 15.3. The molecule has 6 heteroatoms. The molecule has 4 rings (SSSR count). The predicted molar refractivity (Wildman–Crippen MR) is 98.8 cm³/mol. The molecule has 1 aromatic carbocycles. The number of aryl methyl sites for hydroxylation is 1. The lowest BCUT2D eigenvalue weighted by Gasteiger charge is -2.25. The predicted octanol–water partition coefficient (Wildman–Crippen LogP) is 2.76. The fourth-order valence-corrected chi connectivity index (χ4v) is 4.33. The van der Waals surface area contributed by atoms with E-state index >= 15 is 0 Å². The summed E-state index contributed by atoms with van der Waals surface area (Å²) in [4.78, 5) is 21.6. The molecule has 1 amide bonds. The molecule has 1 aromatic heterocycles. The van der Waals surface area contributed by atoms with Gasteiger partial charge in [0.15, 0.2) is 0 Å². The topological polar surface area (TPSA) is 45.7 Å². The SMILES string of the molecule is COCCN1CCC2(CCN(c3cc(C)nc4ccc(F)cc34)C2)C1=O. The summed E-state index contributed by atoms with van der Waals surface area (Å²) in [6.45, 7) is 5.45. The minimum atomic E-state index is -0.315. The van der Waals surface area contributed by atoms with Gasteiger partial charge in [-0.15, -0.1) is 0 Å². The Labute approximate surface area is 152 Å². The Morgan fingerprint density at radius 1 is 1.27 bits per heavy atom. The van der Waals surface area contributed by atoms with E-state index in [0.29, 0.717) is 19.7 Å². The van der Waals surface area contributed by atoms with E-state index in [-0.39, 0.29) is 17.1 Å². The molecule has 26 heavy (non-hydrogen) atoms. The number of anilines is 1. The summed E-state index contributed by atoms with van der Waals surface area (Å²) >= 11 is 0. The Morgan fingerprint density at radius 2 is 2.08 bits per heavy atom. The molecule has 0 aliphatic carbocycles. The van der Waals surface area contributed by atoms with E-state index in [1.54, 1.807) is 19.2 Å². The van der Waals surface area contributed by atoms with Crippen molar-refractivity contribution in [1.29, 1.82) is 0 Å². The number of rotatable bonds is 4. The van der Waals surface area contributed by atoms with Crippen molar-refractivity contribution in [2.75, 3.05) is 44.8 Å². The molecule has 0 radical (unpaired) electrons. The minimum absolute atomic E-state index is 0.235. The second-order valence-corrected chi connectivity index (χ2v) is 7.43. The van der Waals surface area contributed by atoms with Crippen LogP contribution in [0, 0.1) is 18.2 Å². The second-order valence-electron chi connectivity index (χ2n) is 7.43. The average molecular weight is 357 g/mol. The highest BCUT2D eigenvalue weighted by atomic mass is 19.1. The van der Waals surface area contributed by atoms with Crippen LogP contribution in [0.25, 0.3) is 10.9 Å².